The number of nitrogens with two attached hydrogens (primary N) is 1. The Balaban J connectivity index is 2.70. The molecule has 0 bridgehead atoms. The molecule has 0 saturated carbocycles. The van der Waals surface area contributed by atoms with Crippen LogP contribution in [0.3, 0.4) is 0 Å². The SMILES string of the molecule is COc1cc(C)cc(C)c1-c1nc(C)sc1N. The highest BCUT2D eigenvalue weighted by atomic mass is 32.1. The Morgan fingerprint density at radius 2 is 1.94 bits per heavy atom. The predicted molar refractivity (Wildman–Crippen MR) is 72.7 cm³/mol. The standard InChI is InChI=1S/C13H16N2OS/c1-7-5-8(2)11(10(6-7)16-4)12-13(14)17-9(3)15-12/h5-6H,14H2,1-4H3. The normalized spacial score (nSPS) is 10.6. The van der Waals surface area contributed by atoms with Crippen LogP contribution >= 0.6 is 11.3 Å². The molecule has 2 aromatic rings. The lowest BCUT2D eigenvalue weighted by Gasteiger charge is -2.11. The minimum Gasteiger partial charge on any atom is -0.496 e. The quantitative estimate of drug-likeness (QED) is 0.886. The van der Waals surface area contributed by atoms with Crippen molar-refractivity contribution in [3.63, 3.8) is 0 Å². The molecule has 17 heavy (non-hydrogen) atoms. The van der Waals surface area contributed by atoms with E-state index in [0.29, 0.717) is 0 Å². The van der Waals surface area contributed by atoms with Gasteiger partial charge < -0.3 is 10.5 Å². The van der Waals surface area contributed by atoms with E-state index in [1.807, 2.05) is 13.0 Å². The fraction of sp³-hybridized carbons (Fsp3) is 0.308. The van der Waals surface area contributed by atoms with Crippen molar-refractivity contribution >= 4 is 16.3 Å². The lowest BCUT2D eigenvalue weighted by atomic mass is 10.0. The molecule has 0 aliphatic carbocycles. The van der Waals surface area contributed by atoms with Crippen LogP contribution in [-0.2, 0) is 0 Å². The van der Waals surface area contributed by atoms with Crippen molar-refractivity contribution in [3.05, 3.63) is 28.3 Å². The number of nitrogen functional groups attached to an aromatic ring is 1. The number of hydrogen-bond acceptors (Lipinski definition) is 4. The lowest BCUT2D eigenvalue weighted by molar-refractivity contribution is 0.415. The number of methoxy groups -OCH3 is 1. The van der Waals surface area contributed by atoms with Gasteiger partial charge in [-0.05, 0) is 38.0 Å². The van der Waals surface area contributed by atoms with Gasteiger partial charge in [-0.3, -0.25) is 0 Å². The first-order valence-corrected chi connectivity index (χ1v) is 6.23. The number of aromatic nitrogens is 1. The first kappa shape index (κ1) is 11.9. The number of hydrogen-bond donors (Lipinski definition) is 1. The molecule has 0 unspecified atom stereocenters. The molecule has 0 saturated heterocycles. The van der Waals surface area contributed by atoms with Crippen molar-refractivity contribution in [2.45, 2.75) is 20.8 Å². The van der Waals surface area contributed by atoms with Crippen LogP contribution in [0.25, 0.3) is 11.3 Å². The van der Waals surface area contributed by atoms with Crippen LogP contribution in [0.15, 0.2) is 12.1 Å². The molecule has 0 radical (unpaired) electrons. The molecule has 2 rings (SSSR count). The zero-order chi connectivity index (χ0) is 12.6. The maximum atomic E-state index is 6.00. The smallest absolute Gasteiger partial charge is 0.128 e. The third-order valence-electron chi connectivity index (χ3n) is 2.66. The minimum atomic E-state index is 0.743. The Morgan fingerprint density at radius 3 is 2.47 bits per heavy atom. The molecular formula is C13H16N2OS. The van der Waals surface area contributed by atoms with Gasteiger partial charge in [0.15, 0.2) is 0 Å². The zero-order valence-electron chi connectivity index (χ0n) is 10.5. The Bertz CT molecular complexity index is 561. The maximum Gasteiger partial charge on any atom is 0.128 e. The number of rotatable bonds is 2. The Kier molecular flexibility index (Phi) is 3.07. The van der Waals surface area contributed by atoms with E-state index in [1.165, 1.54) is 16.9 Å². The summed E-state index contributed by atoms with van der Waals surface area (Å²) in [6.07, 6.45) is 0. The second kappa shape index (κ2) is 4.37. The third-order valence-corrected chi connectivity index (χ3v) is 3.46. The van der Waals surface area contributed by atoms with Gasteiger partial charge in [-0.25, -0.2) is 4.98 Å². The summed E-state index contributed by atoms with van der Waals surface area (Å²) in [5, 5.41) is 1.72. The lowest BCUT2D eigenvalue weighted by Crippen LogP contribution is -1.95. The van der Waals surface area contributed by atoms with Gasteiger partial charge >= 0.3 is 0 Å². The molecule has 0 aliphatic rings. The minimum absolute atomic E-state index is 0.743. The molecule has 0 atom stereocenters. The number of nitrogens with zero attached hydrogens (tertiary/aromatic N) is 1. The average Bonchev–Trinajstić information content (AvgIpc) is 2.56. The molecule has 0 aliphatic heterocycles. The Morgan fingerprint density at radius 1 is 1.24 bits per heavy atom. The van der Waals surface area contributed by atoms with E-state index in [1.54, 1.807) is 7.11 Å². The van der Waals surface area contributed by atoms with Gasteiger partial charge in [0, 0.05) is 5.56 Å². The second-order valence-corrected chi connectivity index (χ2v) is 5.34. The first-order chi connectivity index (χ1) is 8.02. The van der Waals surface area contributed by atoms with Crippen molar-refractivity contribution < 1.29 is 4.74 Å². The summed E-state index contributed by atoms with van der Waals surface area (Å²) in [5.74, 6) is 0.833. The van der Waals surface area contributed by atoms with Gasteiger partial charge in [0.25, 0.3) is 0 Å². The fourth-order valence-electron chi connectivity index (χ4n) is 2.02. The van der Waals surface area contributed by atoms with E-state index in [9.17, 15) is 0 Å². The summed E-state index contributed by atoms with van der Waals surface area (Å²) in [6.45, 7) is 6.06. The highest BCUT2D eigenvalue weighted by Gasteiger charge is 2.16. The summed E-state index contributed by atoms with van der Waals surface area (Å²) >= 11 is 1.51. The van der Waals surface area contributed by atoms with E-state index in [4.69, 9.17) is 10.5 Å². The van der Waals surface area contributed by atoms with Crippen LogP contribution in [0.5, 0.6) is 5.75 Å². The topological polar surface area (TPSA) is 48.1 Å². The molecule has 0 fully saturated rings. The van der Waals surface area contributed by atoms with Gasteiger partial charge in [0.05, 0.1) is 12.1 Å². The second-order valence-electron chi connectivity index (χ2n) is 4.10. The molecule has 1 aromatic heterocycles. The van der Waals surface area contributed by atoms with Gasteiger partial charge in [-0.2, -0.15) is 0 Å². The van der Waals surface area contributed by atoms with Crippen molar-refractivity contribution in [2.24, 2.45) is 0 Å². The fourth-order valence-corrected chi connectivity index (χ4v) is 2.71. The summed E-state index contributed by atoms with van der Waals surface area (Å²) < 4.78 is 5.43. The molecule has 2 N–H and O–H groups in total. The van der Waals surface area contributed by atoms with Crippen molar-refractivity contribution in [3.8, 4) is 17.0 Å². The van der Waals surface area contributed by atoms with Crippen LogP contribution in [-0.4, -0.2) is 12.1 Å². The highest BCUT2D eigenvalue weighted by Crippen LogP contribution is 2.38. The van der Waals surface area contributed by atoms with E-state index < -0.39 is 0 Å². The van der Waals surface area contributed by atoms with Crippen LogP contribution < -0.4 is 10.5 Å². The Hall–Kier alpha value is -1.55. The summed E-state index contributed by atoms with van der Waals surface area (Å²) in [6, 6.07) is 4.13. The maximum absolute atomic E-state index is 6.00. The third kappa shape index (κ3) is 2.13. The number of anilines is 1. The van der Waals surface area contributed by atoms with Crippen molar-refractivity contribution in [2.75, 3.05) is 12.8 Å². The largest absolute Gasteiger partial charge is 0.496 e. The van der Waals surface area contributed by atoms with Crippen LogP contribution in [0.4, 0.5) is 5.00 Å². The number of benzene rings is 1. The van der Waals surface area contributed by atoms with Gasteiger partial charge in [-0.15, -0.1) is 11.3 Å². The average molecular weight is 248 g/mol. The molecule has 1 heterocycles. The summed E-state index contributed by atoms with van der Waals surface area (Å²) in [4.78, 5) is 4.49. The highest BCUT2D eigenvalue weighted by molar-refractivity contribution is 7.16. The van der Waals surface area contributed by atoms with Gasteiger partial charge in [0.1, 0.15) is 16.4 Å². The number of thiazole rings is 1. The number of aryl methyl sites for hydroxylation is 3. The van der Waals surface area contributed by atoms with Crippen molar-refractivity contribution in [1.29, 1.82) is 0 Å². The van der Waals surface area contributed by atoms with E-state index in [0.717, 1.165) is 32.6 Å². The summed E-state index contributed by atoms with van der Waals surface area (Å²) in [7, 11) is 1.67. The zero-order valence-corrected chi connectivity index (χ0v) is 11.3. The van der Waals surface area contributed by atoms with Gasteiger partial charge in [-0.1, -0.05) is 6.07 Å². The first-order valence-electron chi connectivity index (χ1n) is 5.41. The Labute approximate surface area is 105 Å². The van der Waals surface area contributed by atoms with Crippen LogP contribution in [0, 0.1) is 20.8 Å². The number of ether oxygens (including phenoxy) is 1. The van der Waals surface area contributed by atoms with E-state index >= 15 is 0 Å². The molecule has 3 nitrogen and oxygen atoms in total. The van der Waals surface area contributed by atoms with E-state index in [2.05, 4.69) is 24.9 Å². The summed E-state index contributed by atoms with van der Waals surface area (Å²) in [5.41, 5.74) is 10.2. The molecule has 0 spiro atoms. The monoisotopic (exact) mass is 248 g/mol. The molecule has 0 amide bonds. The molecular weight excluding hydrogens is 232 g/mol. The van der Waals surface area contributed by atoms with E-state index in [-0.39, 0.29) is 0 Å². The predicted octanol–water partition coefficient (Wildman–Crippen LogP) is 3.33. The van der Waals surface area contributed by atoms with Crippen molar-refractivity contribution in [1.82, 2.24) is 4.98 Å². The molecule has 1 aromatic carbocycles. The molecule has 4 heteroatoms. The molecule has 90 valence electrons. The van der Waals surface area contributed by atoms with Crippen LogP contribution in [0.1, 0.15) is 16.1 Å². The van der Waals surface area contributed by atoms with Crippen LogP contribution in [0.2, 0.25) is 0 Å². The van der Waals surface area contributed by atoms with Gasteiger partial charge in [0.2, 0.25) is 0 Å².